The minimum absolute atomic E-state index is 0.0483. The Labute approximate surface area is 116 Å². The van der Waals surface area contributed by atoms with Crippen LogP contribution in [0.25, 0.3) is 0 Å². The molecule has 0 aromatic rings. The summed E-state index contributed by atoms with van der Waals surface area (Å²) in [6, 6.07) is 0. The minimum atomic E-state index is -0.651. The molecule has 2 saturated heterocycles. The van der Waals surface area contributed by atoms with Crippen LogP contribution in [0.3, 0.4) is 0 Å². The molecule has 2 atom stereocenters. The molecule has 0 amide bonds. The van der Waals surface area contributed by atoms with E-state index < -0.39 is 5.60 Å². The van der Waals surface area contributed by atoms with Crippen LogP contribution in [0.2, 0.25) is 0 Å². The van der Waals surface area contributed by atoms with Crippen molar-refractivity contribution in [3.63, 3.8) is 0 Å². The fourth-order valence-electron chi connectivity index (χ4n) is 3.32. The van der Waals surface area contributed by atoms with Crippen molar-refractivity contribution in [2.24, 2.45) is 5.92 Å². The Morgan fingerprint density at radius 1 is 1.32 bits per heavy atom. The van der Waals surface area contributed by atoms with Crippen molar-refractivity contribution in [2.45, 2.75) is 58.3 Å². The van der Waals surface area contributed by atoms with E-state index in [1.54, 1.807) is 0 Å². The number of rotatable bonds is 2. The zero-order valence-corrected chi connectivity index (χ0v) is 12.9. The van der Waals surface area contributed by atoms with Crippen molar-refractivity contribution in [3.8, 4) is 0 Å². The second-order valence-corrected chi connectivity index (χ2v) is 6.93. The van der Waals surface area contributed by atoms with Crippen LogP contribution in [-0.2, 0) is 14.3 Å². The first-order chi connectivity index (χ1) is 8.72. The highest BCUT2D eigenvalue weighted by Gasteiger charge is 2.53. The summed E-state index contributed by atoms with van der Waals surface area (Å²) in [4.78, 5) is 14.9. The van der Waals surface area contributed by atoms with Crippen molar-refractivity contribution >= 4 is 5.78 Å². The number of Topliss-reactive ketones (excluding diaryl/α,β-unsaturated/α-hetero) is 1. The molecule has 0 radical (unpaired) electrons. The van der Waals surface area contributed by atoms with Gasteiger partial charge in [0.15, 0.2) is 5.78 Å². The van der Waals surface area contributed by atoms with Gasteiger partial charge in [-0.15, -0.1) is 0 Å². The number of carbonyl (C=O) groups is 1. The van der Waals surface area contributed by atoms with Crippen molar-refractivity contribution < 1.29 is 14.3 Å². The summed E-state index contributed by atoms with van der Waals surface area (Å²) in [5, 5.41) is 0. The molecule has 4 nitrogen and oxygen atoms in total. The summed E-state index contributed by atoms with van der Waals surface area (Å²) >= 11 is 0. The maximum Gasteiger partial charge on any atom is 0.171 e. The van der Waals surface area contributed by atoms with Crippen LogP contribution in [0.4, 0.5) is 0 Å². The van der Waals surface area contributed by atoms with E-state index in [0.717, 1.165) is 32.7 Å². The van der Waals surface area contributed by atoms with Crippen molar-refractivity contribution in [1.82, 2.24) is 4.90 Å². The average Bonchev–Trinajstić information content (AvgIpc) is 2.45. The second kappa shape index (κ2) is 5.15. The van der Waals surface area contributed by atoms with Crippen molar-refractivity contribution in [2.75, 3.05) is 26.2 Å². The summed E-state index contributed by atoms with van der Waals surface area (Å²) in [6.45, 7) is 13.4. The normalized spacial score (nSPS) is 35.3. The van der Waals surface area contributed by atoms with Crippen LogP contribution >= 0.6 is 0 Å². The quantitative estimate of drug-likeness (QED) is 0.767. The van der Waals surface area contributed by atoms with Gasteiger partial charge in [0, 0.05) is 26.2 Å². The highest BCUT2D eigenvalue weighted by molar-refractivity contribution is 5.91. The standard InChI is InChI=1S/C15H27NO3/c1-11-9-16(7-6-8-18-11)10-12-13(17)15(4,5)19-14(12,2)3/h11-12H,6-10H2,1-5H3. The zero-order valence-electron chi connectivity index (χ0n) is 12.9. The lowest BCUT2D eigenvalue weighted by atomic mass is 9.85. The lowest BCUT2D eigenvalue weighted by Crippen LogP contribution is -2.43. The van der Waals surface area contributed by atoms with Gasteiger partial charge < -0.3 is 9.47 Å². The van der Waals surface area contributed by atoms with Gasteiger partial charge in [-0.05, 0) is 41.0 Å². The fourth-order valence-corrected chi connectivity index (χ4v) is 3.32. The molecule has 0 saturated carbocycles. The van der Waals surface area contributed by atoms with Gasteiger partial charge in [0.1, 0.15) is 5.60 Å². The lowest BCUT2D eigenvalue weighted by molar-refractivity contribution is -0.132. The summed E-state index contributed by atoms with van der Waals surface area (Å²) in [6.07, 6.45) is 1.28. The van der Waals surface area contributed by atoms with E-state index in [-0.39, 0.29) is 23.4 Å². The van der Waals surface area contributed by atoms with E-state index in [2.05, 4.69) is 11.8 Å². The predicted octanol–water partition coefficient (Wildman–Crippen LogP) is 1.87. The Hall–Kier alpha value is -0.450. The van der Waals surface area contributed by atoms with Gasteiger partial charge in [0.05, 0.1) is 17.6 Å². The molecule has 110 valence electrons. The Morgan fingerprint density at radius 2 is 2.00 bits per heavy atom. The molecular formula is C15H27NO3. The number of carbonyl (C=O) groups excluding carboxylic acids is 1. The SMILES string of the molecule is CC1CN(CC2C(=O)C(C)(C)OC2(C)C)CCCO1. The number of hydrogen-bond donors (Lipinski definition) is 0. The number of hydrogen-bond acceptors (Lipinski definition) is 4. The molecule has 2 fully saturated rings. The monoisotopic (exact) mass is 269 g/mol. The van der Waals surface area contributed by atoms with Crippen LogP contribution in [-0.4, -0.2) is 54.2 Å². The maximum absolute atomic E-state index is 12.5. The summed E-state index contributed by atoms with van der Waals surface area (Å²) in [7, 11) is 0. The third-order valence-electron chi connectivity index (χ3n) is 4.24. The zero-order chi connectivity index (χ0) is 14.3. The highest BCUT2D eigenvalue weighted by Crippen LogP contribution is 2.39. The molecule has 2 aliphatic heterocycles. The average molecular weight is 269 g/mol. The number of ketones is 1. The third kappa shape index (κ3) is 3.18. The Morgan fingerprint density at radius 3 is 2.58 bits per heavy atom. The molecule has 0 N–H and O–H groups in total. The molecule has 2 unspecified atom stereocenters. The molecule has 0 spiro atoms. The molecule has 2 rings (SSSR count). The van der Waals surface area contributed by atoms with Crippen LogP contribution in [0.1, 0.15) is 41.0 Å². The predicted molar refractivity (Wildman–Crippen MR) is 74.2 cm³/mol. The first-order valence-electron chi connectivity index (χ1n) is 7.31. The smallest absolute Gasteiger partial charge is 0.171 e. The van der Waals surface area contributed by atoms with Gasteiger partial charge in [-0.3, -0.25) is 9.69 Å². The Kier molecular flexibility index (Phi) is 4.05. The fraction of sp³-hybridized carbons (Fsp3) is 0.933. The molecular weight excluding hydrogens is 242 g/mol. The van der Waals surface area contributed by atoms with E-state index in [1.165, 1.54) is 0 Å². The van der Waals surface area contributed by atoms with Gasteiger partial charge in [0.25, 0.3) is 0 Å². The Balaban J connectivity index is 2.07. The summed E-state index contributed by atoms with van der Waals surface area (Å²) in [5.41, 5.74) is -1.03. The molecule has 0 bridgehead atoms. The van der Waals surface area contributed by atoms with Crippen LogP contribution in [0.5, 0.6) is 0 Å². The highest BCUT2D eigenvalue weighted by atomic mass is 16.5. The minimum Gasteiger partial charge on any atom is -0.377 e. The van der Waals surface area contributed by atoms with Crippen LogP contribution in [0.15, 0.2) is 0 Å². The van der Waals surface area contributed by atoms with E-state index in [4.69, 9.17) is 9.47 Å². The third-order valence-corrected chi connectivity index (χ3v) is 4.24. The van der Waals surface area contributed by atoms with Gasteiger partial charge in [0.2, 0.25) is 0 Å². The van der Waals surface area contributed by atoms with Crippen molar-refractivity contribution in [3.05, 3.63) is 0 Å². The van der Waals surface area contributed by atoms with Crippen LogP contribution in [0, 0.1) is 5.92 Å². The van der Waals surface area contributed by atoms with Gasteiger partial charge in [-0.25, -0.2) is 0 Å². The van der Waals surface area contributed by atoms with Crippen molar-refractivity contribution in [1.29, 1.82) is 0 Å². The maximum atomic E-state index is 12.5. The van der Waals surface area contributed by atoms with E-state index in [1.807, 2.05) is 27.7 Å². The molecule has 2 aliphatic rings. The largest absolute Gasteiger partial charge is 0.377 e. The van der Waals surface area contributed by atoms with Gasteiger partial charge >= 0.3 is 0 Å². The van der Waals surface area contributed by atoms with E-state index in [0.29, 0.717) is 0 Å². The summed E-state index contributed by atoms with van der Waals surface area (Å²) < 4.78 is 11.6. The molecule has 0 aromatic carbocycles. The van der Waals surface area contributed by atoms with Crippen LogP contribution < -0.4 is 0 Å². The second-order valence-electron chi connectivity index (χ2n) is 6.93. The number of nitrogens with zero attached hydrogens (tertiary/aromatic N) is 1. The van der Waals surface area contributed by atoms with Gasteiger partial charge in [-0.1, -0.05) is 0 Å². The molecule has 0 aliphatic carbocycles. The molecule has 19 heavy (non-hydrogen) atoms. The Bertz CT molecular complexity index is 351. The topological polar surface area (TPSA) is 38.8 Å². The number of ether oxygens (including phenoxy) is 2. The molecule has 4 heteroatoms. The first kappa shape index (κ1) is 14.9. The lowest BCUT2D eigenvalue weighted by Gasteiger charge is -2.30. The van der Waals surface area contributed by atoms with E-state index >= 15 is 0 Å². The molecule has 2 heterocycles. The summed E-state index contributed by atoms with van der Waals surface area (Å²) in [5.74, 6) is 0.183. The first-order valence-corrected chi connectivity index (χ1v) is 7.31. The molecule has 0 aromatic heterocycles. The van der Waals surface area contributed by atoms with Gasteiger partial charge in [-0.2, -0.15) is 0 Å². The van der Waals surface area contributed by atoms with E-state index in [9.17, 15) is 4.79 Å².